The number of amides is 1. The lowest BCUT2D eigenvalue weighted by Crippen LogP contribution is -2.30. The molecule has 0 radical (unpaired) electrons. The Balaban J connectivity index is 1.95. The maximum atomic E-state index is 14.2. The van der Waals surface area contributed by atoms with Crippen LogP contribution >= 0.6 is 23.2 Å². The second-order valence-electron chi connectivity index (χ2n) is 5.42. The monoisotopic (exact) mass is 377 g/mol. The summed E-state index contributed by atoms with van der Waals surface area (Å²) in [4.78, 5) is 14.4. The van der Waals surface area contributed by atoms with Crippen molar-refractivity contribution in [1.29, 1.82) is 0 Å². The van der Waals surface area contributed by atoms with Gasteiger partial charge in [0, 0.05) is 10.6 Å². The van der Waals surface area contributed by atoms with Crippen LogP contribution in [0.25, 0.3) is 0 Å². The summed E-state index contributed by atoms with van der Waals surface area (Å²) in [5.41, 5.74) is 0.583. The molecule has 1 amide bonds. The van der Waals surface area contributed by atoms with Crippen molar-refractivity contribution < 1.29 is 13.6 Å². The number of furan rings is 1. The van der Waals surface area contributed by atoms with Crippen LogP contribution in [0, 0.1) is 5.82 Å². The van der Waals surface area contributed by atoms with Crippen LogP contribution in [-0.4, -0.2) is 10.8 Å². The molecule has 0 spiro atoms. The van der Waals surface area contributed by atoms with E-state index < -0.39 is 5.82 Å². The van der Waals surface area contributed by atoms with E-state index in [4.69, 9.17) is 27.6 Å². The SMILES string of the molecule is O=C(c1ccccc1Cl)N(Cc1ccco1)Cc1c(F)cccc1Cl. The average Bonchev–Trinajstić information content (AvgIpc) is 3.10. The van der Waals surface area contributed by atoms with E-state index in [-0.39, 0.29) is 29.6 Å². The van der Waals surface area contributed by atoms with Crippen molar-refractivity contribution in [3.8, 4) is 0 Å². The van der Waals surface area contributed by atoms with Gasteiger partial charge in [0.15, 0.2) is 0 Å². The van der Waals surface area contributed by atoms with Gasteiger partial charge in [-0.05, 0) is 36.4 Å². The van der Waals surface area contributed by atoms with Crippen LogP contribution < -0.4 is 0 Å². The summed E-state index contributed by atoms with van der Waals surface area (Å²) in [6.07, 6.45) is 1.52. The van der Waals surface area contributed by atoms with E-state index in [9.17, 15) is 9.18 Å². The Morgan fingerprint density at radius 3 is 2.40 bits per heavy atom. The van der Waals surface area contributed by atoms with Crippen molar-refractivity contribution in [2.45, 2.75) is 13.1 Å². The molecule has 3 aromatic rings. The topological polar surface area (TPSA) is 33.5 Å². The highest BCUT2D eigenvalue weighted by Crippen LogP contribution is 2.24. The lowest BCUT2D eigenvalue weighted by molar-refractivity contribution is 0.0716. The molecule has 0 atom stereocenters. The molecule has 0 saturated carbocycles. The van der Waals surface area contributed by atoms with Crippen molar-refractivity contribution in [2.75, 3.05) is 0 Å². The summed E-state index contributed by atoms with van der Waals surface area (Å²) in [6.45, 7) is 0.165. The van der Waals surface area contributed by atoms with Gasteiger partial charge in [-0.3, -0.25) is 4.79 Å². The Hall–Kier alpha value is -2.30. The molecule has 0 aliphatic heterocycles. The van der Waals surface area contributed by atoms with Crippen molar-refractivity contribution in [1.82, 2.24) is 4.90 Å². The van der Waals surface area contributed by atoms with Crippen LogP contribution in [0.4, 0.5) is 4.39 Å². The second kappa shape index (κ2) is 7.72. The van der Waals surface area contributed by atoms with Crippen LogP contribution in [0.2, 0.25) is 10.0 Å². The highest BCUT2D eigenvalue weighted by atomic mass is 35.5. The smallest absolute Gasteiger partial charge is 0.256 e. The van der Waals surface area contributed by atoms with E-state index in [1.165, 1.54) is 23.3 Å². The predicted molar refractivity (Wildman–Crippen MR) is 95.1 cm³/mol. The Bertz CT molecular complexity index is 861. The number of carbonyl (C=O) groups excluding carboxylic acids is 1. The maximum Gasteiger partial charge on any atom is 0.256 e. The standard InChI is InChI=1S/C19H14Cl2FNO2/c20-16-7-2-1-6-14(16)19(24)23(11-13-5-4-10-25-13)12-15-17(21)8-3-9-18(15)22/h1-10H,11-12H2. The molecular formula is C19H14Cl2FNO2. The predicted octanol–water partition coefficient (Wildman–Crippen LogP) is 5.57. The van der Waals surface area contributed by atoms with Crippen LogP contribution in [-0.2, 0) is 13.1 Å². The molecule has 2 aromatic carbocycles. The third-order valence-electron chi connectivity index (χ3n) is 3.73. The van der Waals surface area contributed by atoms with Gasteiger partial charge >= 0.3 is 0 Å². The van der Waals surface area contributed by atoms with E-state index in [0.717, 1.165) is 0 Å². The third-order valence-corrected chi connectivity index (χ3v) is 4.41. The number of benzene rings is 2. The van der Waals surface area contributed by atoms with Crippen molar-refractivity contribution >= 4 is 29.1 Å². The van der Waals surface area contributed by atoms with Gasteiger partial charge < -0.3 is 9.32 Å². The second-order valence-corrected chi connectivity index (χ2v) is 6.24. The summed E-state index contributed by atoms with van der Waals surface area (Å²) in [7, 11) is 0. The highest BCUT2D eigenvalue weighted by Gasteiger charge is 2.22. The fraction of sp³-hybridized carbons (Fsp3) is 0.105. The van der Waals surface area contributed by atoms with Crippen LogP contribution in [0.5, 0.6) is 0 Å². The molecule has 0 saturated heterocycles. The summed E-state index contributed by atoms with van der Waals surface area (Å²) < 4.78 is 19.5. The number of rotatable bonds is 5. The van der Waals surface area contributed by atoms with Gasteiger partial charge in [-0.15, -0.1) is 0 Å². The number of hydrogen-bond acceptors (Lipinski definition) is 2. The molecule has 25 heavy (non-hydrogen) atoms. The van der Waals surface area contributed by atoms with Gasteiger partial charge in [-0.25, -0.2) is 4.39 Å². The molecule has 0 bridgehead atoms. The lowest BCUT2D eigenvalue weighted by atomic mass is 10.1. The molecule has 0 unspecified atom stereocenters. The van der Waals surface area contributed by atoms with Gasteiger partial charge in [-0.1, -0.05) is 41.4 Å². The van der Waals surface area contributed by atoms with Crippen LogP contribution in [0.1, 0.15) is 21.7 Å². The van der Waals surface area contributed by atoms with Gasteiger partial charge in [0.1, 0.15) is 11.6 Å². The Labute approximate surface area is 154 Å². The fourth-order valence-electron chi connectivity index (χ4n) is 2.47. The largest absolute Gasteiger partial charge is 0.467 e. The normalized spacial score (nSPS) is 10.7. The Kier molecular flexibility index (Phi) is 5.41. The maximum absolute atomic E-state index is 14.2. The first-order chi connectivity index (χ1) is 12.1. The number of nitrogens with zero attached hydrogens (tertiary/aromatic N) is 1. The molecule has 0 aliphatic carbocycles. The molecule has 0 fully saturated rings. The minimum atomic E-state index is -0.469. The van der Waals surface area contributed by atoms with Crippen molar-refractivity contribution in [3.05, 3.63) is 93.6 Å². The van der Waals surface area contributed by atoms with Gasteiger partial charge in [0.2, 0.25) is 0 Å². The van der Waals surface area contributed by atoms with Crippen LogP contribution in [0.3, 0.4) is 0 Å². The number of carbonyl (C=O) groups is 1. The molecule has 0 aliphatic rings. The summed E-state index contributed by atoms with van der Waals surface area (Å²) in [5, 5.41) is 0.591. The Morgan fingerprint density at radius 1 is 0.960 bits per heavy atom. The molecular weight excluding hydrogens is 364 g/mol. The summed E-state index contributed by atoms with van der Waals surface area (Å²) in [6, 6.07) is 14.6. The van der Waals surface area contributed by atoms with E-state index in [1.54, 1.807) is 42.5 Å². The first kappa shape index (κ1) is 17.5. The lowest BCUT2D eigenvalue weighted by Gasteiger charge is -2.23. The molecule has 3 nitrogen and oxygen atoms in total. The fourth-order valence-corrected chi connectivity index (χ4v) is 2.91. The first-order valence-corrected chi connectivity index (χ1v) is 8.31. The van der Waals surface area contributed by atoms with E-state index in [1.807, 2.05) is 0 Å². The van der Waals surface area contributed by atoms with E-state index in [0.29, 0.717) is 16.3 Å². The first-order valence-electron chi connectivity index (χ1n) is 7.55. The quantitative estimate of drug-likeness (QED) is 0.582. The minimum Gasteiger partial charge on any atom is -0.467 e. The van der Waals surface area contributed by atoms with Crippen molar-refractivity contribution in [3.63, 3.8) is 0 Å². The van der Waals surface area contributed by atoms with E-state index in [2.05, 4.69) is 0 Å². The van der Waals surface area contributed by atoms with Gasteiger partial charge in [0.25, 0.3) is 5.91 Å². The number of halogens is 3. The molecule has 3 rings (SSSR count). The average molecular weight is 378 g/mol. The minimum absolute atomic E-state index is 0.00371. The van der Waals surface area contributed by atoms with E-state index >= 15 is 0 Å². The summed E-state index contributed by atoms with van der Waals surface area (Å²) in [5.74, 6) is -0.224. The zero-order chi connectivity index (χ0) is 17.8. The van der Waals surface area contributed by atoms with Gasteiger partial charge in [-0.2, -0.15) is 0 Å². The molecule has 0 N–H and O–H groups in total. The highest BCUT2D eigenvalue weighted by molar-refractivity contribution is 6.33. The molecule has 1 aromatic heterocycles. The summed E-state index contributed by atoms with van der Waals surface area (Å²) >= 11 is 12.2. The molecule has 128 valence electrons. The van der Waals surface area contributed by atoms with Gasteiger partial charge in [0.05, 0.1) is 29.9 Å². The Morgan fingerprint density at radius 2 is 1.72 bits per heavy atom. The molecule has 6 heteroatoms. The number of hydrogen-bond donors (Lipinski definition) is 0. The zero-order valence-corrected chi connectivity index (χ0v) is 14.6. The van der Waals surface area contributed by atoms with Crippen LogP contribution in [0.15, 0.2) is 65.3 Å². The van der Waals surface area contributed by atoms with Crippen molar-refractivity contribution in [2.24, 2.45) is 0 Å². The third kappa shape index (κ3) is 4.03. The molecule has 1 heterocycles. The zero-order valence-electron chi connectivity index (χ0n) is 13.1.